The van der Waals surface area contributed by atoms with Gasteiger partial charge in [-0.05, 0) is 44.6 Å². The van der Waals surface area contributed by atoms with Gasteiger partial charge < -0.3 is 19.9 Å². The van der Waals surface area contributed by atoms with Gasteiger partial charge in [0.25, 0.3) is 5.91 Å². The van der Waals surface area contributed by atoms with Gasteiger partial charge >= 0.3 is 0 Å². The van der Waals surface area contributed by atoms with Gasteiger partial charge in [-0.3, -0.25) is 9.79 Å². The van der Waals surface area contributed by atoms with Crippen molar-refractivity contribution >= 4 is 47.6 Å². The first-order valence-corrected chi connectivity index (χ1v) is 10.6. The van der Waals surface area contributed by atoms with E-state index in [9.17, 15) is 4.79 Å². The normalized spacial score (nSPS) is 21.2. The van der Waals surface area contributed by atoms with Crippen LogP contribution in [0.2, 0.25) is 0 Å². The van der Waals surface area contributed by atoms with Gasteiger partial charge in [0.05, 0.1) is 0 Å². The fraction of sp³-hybridized carbons (Fsp3) is 0.882. The van der Waals surface area contributed by atoms with E-state index in [2.05, 4.69) is 23.4 Å². The molecule has 0 aromatic rings. The lowest BCUT2D eigenvalue weighted by atomic mass is 10.2. The molecular weight excluding hydrogens is 451 g/mol. The Morgan fingerprint density at radius 3 is 2.56 bits per heavy atom. The zero-order valence-electron chi connectivity index (χ0n) is 15.5. The van der Waals surface area contributed by atoms with Crippen LogP contribution in [0.5, 0.6) is 0 Å². The summed E-state index contributed by atoms with van der Waals surface area (Å²) in [4.78, 5) is 21.4. The van der Waals surface area contributed by atoms with Gasteiger partial charge in [-0.2, -0.15) is 11.8 Å². The first-order valence-electron chi connectivity index (χ1n) is 9.18. The van der Waals surface area contributed by atoms with Gasteiger partial charge in [0, 0.05) is 45.9 Å². The SMILES string of the molecule is CCNC(=NCCCCSC)N1CCN(C(=O)C2CCCO2)CC1.I. The monoisotopic (exact) mass is 484 g/mol. The van der Waals surface area contributed by atoms with Crippen molar-refractivity contribution in [2.24, 2.45) is 4.99 Å². The van der Waals surface area contributed by atoms with Gasteiger partial charge in [0.2, 0.25) is 0 Å². The summed E-state index contributed by atoms with van der Waals surface area (Å²) in [7, 11) is 0. The van der Waals surface area contributed by atoms with Gasteiger partial charge in [-0.15, -0.1) is 24.0 Å². The lowest BCUT2D eigenvalue weighted by molar-refractivity contribution is -0.142. The molecule has 1 unspecified atom stereocenters. The molecule has 6 nitrogen and oxygen atoms in total. The van der Waals surface area contributed by atoms with E-state index in [1.54, 1.807) is 0 Å². The zero-order chi connectivity index (χ0) is 17.2. The number of piperazine rings is 1. The van der Waals surface area contributed by atoms with Crippen molar-refractivity contribution in [2.45, 2.75) is 38.7 Å². The number of thioether (sulfide) groups is 1. The number of hydrogen-bond donors (Lipinski definition) is 1. The van der Waals surface area contributed by atoms with E-state index in [1.807, 2.05) is 16.7 Å². The first kappa shape index (κ1) is 22.8. The summed E-state index contributed by atoms with van der Waals surface area (Å²) >= 11 is 1.89. The number of ether oxygens (including phenoxy) is 1. The minimum Gasteiger partial charge on any atom is -0.368 e. The minimum atomic E-state index is -0.199. The van der Waals surface area contributed by atoms with E-state index in [1.165, 1.54) is 12.2 Å². The molecular formula is C17H33IN4O2S. The van der Waals surface area contributed by atoms with Crippen molar-refractivity contribution in [2.75, 3.05) is 57.9 Å². The van der Waals surface area contributed by atoms with Crippen molar-refractivity contribution < 1.29 is 9.53 Å². The average molecular weight is 484 g/mol. The number of hydrogen-bond acceptors (Lipinski definition) is 4. The first-order chi connectivity index (χ1) is 11.8. The molecule has 146 valence electrons. The van der Waals surface area contributed by atoms with Crippen LogP contribution in [0.1, 0.15) is 32.6 Å². The second-order valence-electron chi connectivity index (χ2n) is 6.25. The van der Waals surface area contributed by atoms with E-state index in [-0.39, 0.29) is 36.0 Å². The fourth-order valence-electron chi connectivity index (χ4n) is 3.08. The van der Waals surface area contributed by atoms with Crippen LogP contribution in [0.25, 0.3) is 0 Å². The van der Waals surface area contributed by atoms with Crippen LogP contribution >= 0.6 is 35.7 Å². The van der Waals surface area contributed by atoms with E-state index in [0.717, 1.165) is 71.1 Å². The maximum atomic E-state index is 12.4. The maximum Gasteiger partial charge on any atom is 0.251 e. The molecule has 0 aromatic carbocycles. The van der Waals surface area contributed by atoms with Crippen LogP contribution in [-0.2, 0) is 9.53 Å². The maximum absolute atomic E-state index is 12.4. The number of nitrogens with zero attached hydrogens (tertiary/aromatic N) is 3. The number of aliphatic imine (C=N–C) groups is 1. The molecule has 0 spiro atoms. The van der Waals surface area contributed by atoms with E-state index in [0.29, 0.717) is 0 Å². The number of amides is 1. The molecule has 1 amide bonds. The summed E-state index contributed by atoms with van der Waals surface area (Å²) < 4.78 is 5.52. The van der Waals surface area contributed by atoms with Crippen LogP contribution in [0.3, 0.4) is 0 Å². The van der Waals surface area contributed by atoms with Crippen molar-refractivity contribution in [3.63, 3.8) is 0 Å². The van der Waals surface area contributed by atoms with Crippen LogP contribution in [0.4, 0.5) is 0 Å². The van der Waals surface area contributed by atoms with Gasteiger partial charge in [-0.25, -0.2) is 0 Å². The molecule has 2 heterocycles. The Balaban J connectivity index is 0.00000312. The van der Waals surface area contributed by atoms with Gasteiger partial charge in [0.15, 0.2) is 5.96 Å². The number of guanidine groups is 1. The van der Waals surface area contributed by atoms with Crippen molar-refractivity contribution in [1.82, 2.24) is 15.1 Å². The Morgan fingerprint density at radius 1 is 1.24 bits per heavy atom. The lowest BCUT2D eigenvalue weighted by Crippen LogP contribution is -2.55. The molecule has 2 aliphatic heterocycles. The Kier molecular flexibility index (Phi) is 11.9. The van der Waals surface area contributed by atoms with Crippen LogP contribution in [-0.4, -0.2) is 85.7 Å². The predicted octanol–water partition coefficient (Wildman–Crippen LogP) is 2.04. The molecule has 0 bridgehead atoms. The molecule has 2 rings (SSSR count). The standard InChI is InChI=1S/C17H32N4O2S.HI/c1-3-18-17(19-8-4-5-14-24-2)21-11-9-20(10-12-21)16(22)15-7-6-13-23-15;/h15H,3-14H2,1-2H3,(H,18,19);1H. The van der Waals surface area contributed by atoms with Gasteiger partial charge in [0.1, 0.15) is 6.10 Å². The highest BCUT2D eigenvalue weighted by Gasteiger charge is 2.30. The summed E-state index contributed by atoms with van der Waals surface area (Å²) in [6.07, 6.45) is 6.17. The molecule has 2 aliphatic rings. The summed E-state index contributed by atoms with van der Waals surface area (Å²) in [5, 5.41) is 3.38. The van der Waals surface area contributed by atoms with Crippen molar-refractivity contribution in [3.05, 3.63) is 0 Å². The number of carbonyl (C=O) groups excluding carboxylic acids is 1. The molecule has 0 saturated carbocycles. The topological polar surface area (TPSA) is 57.2 Å². The third-order valence-corrected chi connectivity index (χ3v) is 5.15. The van der Waals surface area contributed by atoms with E-state index < -0.39 is 0 Å². The third kappa shape index (κ3) is 7.50. The number of nitrogens with one attached hydrogen (secondary N) is 1. The molecule has 2 saturated heterocycles. The van der Waals surface area contributed by atoms with Crippen LogP contribution < -0.4 is 5.32 Å². The second kappa shape index (κ2) is 13.0. The van der Waals surface area contributed by atoms with E-state index >= 15 is 0 Å². The summed E-state index contributed by atoms with van der Waals surface area (Å²) in [6.45, 7) is 7.77. The van der Waals surface area contributed by atoms with Crippen molar-refractivity contribution in [1.29, 1.82) is 0 Å². The summed E-state index contributed by atoms with van der Waals surface area (Å²) in [6, 6.07) is 0. The molecule has 8 heteroatoms. The second-order valence-corrected chi connectivity index (χ2v) is 7.24. The van der Waals surface area contributed by atoms with Crippen molar-refractivity contribution in [3.8, 4) is 0 Å². The molecule has 0 aliphatic carbocycles. The zero-order valence-corrected chi connectivity index (χ0v) is 18.7. The fourth-order valence-corrected chi connectivity index (χ4v) is 3.58. The number of rotatable bonds is 7. The molecule has 1 atom stereocenters. The highest BCUT2D eigenvalue weighted by molar-refractivity contribution is 14.0. The molecule has 25 heavy (non-hydrogen) atoms. The quantitative estimate of drug-likeness (QED) is 0.260. The number of halogens is 1. The Bertz CT molecular complexity index is 411. The largest absolute Gasteiger partial charge is 0.368 e. The summed E-state index contributed by atoms with van der Waals surface area (Å²) in [5.41, 5.74) is 0. The lowest BCUT2D eigenvalue weighted by Gasteiger charge is -2.37. The molecule has 0 radical (unpaired) electrons. The highest BCUT2D eigenvalue weighted by atomic mass is 127. The average Bonchev–Trinajstić information content (AvgIpc) is 3.15. The Hall–Kier alpha value is -0.220. The van der Waals surface area contributed by atoms with E-state index in [4.69, 9.17) is 9.73 Å². The minimum absolute atomic E-state index is 0. The van der Waals surface area contributed by atoms with Gasteiger partial charge in [-0.1, -0.05) is 0 Å². The predicted molar refractivity (Wildman–Crippen MR) is 116 cm³/mol. The number of carbonyl (C=O) groups is 1. The van der Waals surface area contributed by atoms with Crippen LogP contribution in [0.15, 0.2) is 4.99 Å². The number of unbranched alkanes of at least 4 members (excludes halogenated alkanes) is 1. The highest BCUT2D eigenvalue weighted by Crippen LogP contribution is 2.16. The molecule has 2 fully saturated rings. The smallest absolute Gasteiger partial charge is 0.251 e. The molecule has 1 N–H and O–H groups in total. The Morgan fingerprint density at radius 2 is 1.96 bits per heavy atom. The third-order valence-electron chi connectivity index (χ3n) is 4.45. The summed E-state index contributed by atoms with van der Waals surface area (Å²) in [5.74, 6) is 2.37. The Labute approximate surface area is 173 Å². The van der Waals surface area contributed by atoms with Crippen LogP contribution in [0, 0.1) is 0 Å². The molecule has 0 aromatic heterocycles.